The molecule has 0 saturated heterocycles. The summed E-state index contributed by atoms with van der Waals surface area (Å²) < 4.78 is 7.54. The van der Waals surface area contributed by atoms with Gasteiger partial charge in [-0.3, -0.25) is 14.5 Å². The van der Waals surface area contributed by atoms with Gasteiger partial charge in [-0.25, -0.2) is 0 Å². The number of aromatic nitrogens is 3. The number of nitrogens with zero attached hydrogens (tertiary/aromatic N) is 3. The number of para-hydroxylation sites is 1. The topological polar surface area (TPSA) is 69.0 Å². The predicted molar refractivity (Wildman–Crippen MR) is 99.4 cm³/mol. The summed E-state index contributed by atoms with van der Waals surface area (Å²) in [5, 5.41) is 7.71. The van der Waals surface area contributed by atoms with Crippen LogP contribution in [0, 0.1) is 0 Å². The van der Waals surface area contributed by atoms with Gasteiger partial charge in [-0.15, -0.1) is 0 Å². The number of carbonyl (C=O) groups excluding carboxylic acids is 1. The van der Waals surface area contributed by atoms with Gasteiger partial charge in [0.05, 0.1) is 11.7 Å². The SMILES string of the molecule is Cn1nccc1NC(=O)c1ccc2c(Oc3ccccc3)ccnc2c1. The van der Waals surface area contributed by atoms with Crippen molar-refractivity contribution in [1.29, 1.82) is 0 Å². The lowest BCUT2D eigenvalue weighted by molar-refractivity contribution is 0.102. The van der Waals surface area contributed by atoms with Crippen LogP contribution in [-0.2, 0) is 7.05 Å². The van der Waals surface area contributed by atoms with Gasteiger partial charge in [0.15, 0.2) is 0 Å². The summed E-state index contributed by atoms with van der Waals surface area (Å²) in [6.07, 6.45) is 3.30. The molecule has 4 rings (SSSR count). The molecule has 0 aliphatic heterocycles. The van der Waals surface area contributed by atoms with E-state index in [1.165, 1.54) is 0 Å². The molecule has 0 radical (unpaired) electrons. The number of aryl methyl sites for hydroxylation is 1. The second kappa shape index (κ2) is 6.68. The molecule has 6 nitrogen and oxygen atoms in total. The zero-order chi connectivity index (χ0) is 17.9. The number of carbonyl (C=O) groups is 1. The minimum Gasteiger partial charge on any atom is -0.457 e. The van der Waals surface area contributed by atoms with Crippen molar-refractivity contribution >= 4 is 22.6 Å². The Hall–Kier alpha value is -3.67. The molecule has 1 N–H and O–H groups in total. The van der Waals surface area contributed by atoms with E-state index < -0.39 is 0 Å². The zero-order valence-corrected chi connectivity index (χ0v) is 14.1. The quantitative estimate of drug-likeness (QED) is 0.607. The molecule has 0 aliphatic carbocycles. The molecule has 128 valence electrons. The summed E-state index contributed by atoms with van der Waals surface area (Å²) in [5.41, 5.74) is 1.21. The van der Waals surface area contributed by atoms with Crippen LogP contribution in [0.1, 0.15) is 10.4 Å². The third kappa shape index (κ3) is 3.12. The summed E-state index contributed by atoms with van der Waals surface area (Å²) in [5.74, 6) is 1.86. The van der Waals surface area contributed by atoms with Crippen LogP contribution in [-0.4, -0.2) is 20.7 Å². The lowest BCUT2D eigenvalue weighted by atomic mass is 10.1. The smallest absolute Gasteiger partial charge is 0.256 e. The predicted octanol–water partition coefficient (Wildman–Crippen LogP) is 4.01. The van der Waals surface area contributed by atoms with Crippen LogP contribution in [0.3, 0.4) is 0 Å². The first kappa shape index (κ1) is 15.8. The second-order valence-corrected chi connectivity index (χ2v) is 5.75. The Bertz CT molecular complexity index is 1070. The Balaban J connectivity index is 1.63. The van der Waals surface area contributed by atoms with E-state index in [0.717, 1.165) is 11.1 Å². The average molecular weight is 344 g/mol. The van der Waals surface area contributed by atoms with Crippen LogP contribution in [0.4, 0.5) is 5.82 Å². The fourth-order valence-corrected chi connectivity index (χ4v) is 2.65. The molecule has 0 unspecified atom stereocenters. The maximum atomic E-state index is 12.5. The molecule has 0 bridgehead atoms. The largest absolute Gasteiger partial charge is 0.457 e. The van der Waals surface area contributed by atoms with Crippen LogP contribution >= 0.6 is 0 Å². The summed E-state index contributed by atoms with van der Waals surface area (Å²) in [6, 6.07) is 18.5. The minimum atomic E-state index is -0.216. The first-order valence-corrected chi connectivity index (χ1v) is 8.12. The molecule has 0 atom stereocenters. The van der Waals surface area contributed by atoms with E-state index in [4.69, 9.17) is 4.74 Å². The Morgan fingerprint density at radius 3 is 2.65 bits per heavy atom. The molecule has 6 heteroatoms. The minimum absolute atomic E-state index is 0.216. The number of amides is 1. The molecular formula is C20H16N4O2. The third-order valence-electron chi connectivity index (χ3n) is 4.00. The number of benzene rings is 2. The molecule has 4 aromatic rings. The highest BCUT2D eigenvalue weighted by Gasteiger charge is 2.11. The van der Waals surface area contributed by atoms with Crippen molar-refractivity contribution in [3.63, 3.8) is 0 Å². The lowest BCUT2D eigenvalue weighted by Gasteiger charge is -2.10. The maximum Gasteiger partial charge on any atom is 0.256 e. The Kier molecular flexibility index (Phi) is 4.07. The summed E-state index contributed by atoms with van der Waals surface area (Å²) in [7, 11) is 1.77. The standard InChI is InChI=1S/C20H16N4O2/c1-24-19(10-12-22-24)23-20(25)14-7-8-16-17(13-14)21-11-9-18(16)26-15-5-3-2-4-6-15/h2-13H,1H3,(H,23,25). The van der Waals surface area contributed by atoms with Crippen LogP contribution in [0.25, 0.3) is 10.9 Å². The monoisotopic (exact) mass is 344 g/mol. The van der Waals surface area contributed by atoms with Gasteiger partial charge in [0.25, 0.3) is 5.91 Å². The van der Waals surface area contributed by atoms with Crippen molar-refractivity contribution in [2.24, 2.45) is 7.05 Å². The van der Waals surface area contributed by atoms with Gasteiger partial charge in [0.1, 0.15) is 17.3 Å². The molecule has 2 aromatic heterocycles. The summed E-state index contributed by atoms with van der Waals surface area (Å²) in [4.78, 5) is 16.8. The second-order valence-electron chi connectivity index (χ2n) is 5.75. The van der Waals surface area contributed by atoms with Crippen molar-refractivity contribution in [1.82, 2.24) is 14.8 Å². The highest BCUT2D eigenvalue weighted by atomic mass is 16.5. The fraction of sp³-hybridized carbons (Fsp3) is 0.0500. The van der Waals surface area contributed by atoms with E-state index in [1.807, 2.05) is 42.5 Å². The Morgan fingerprint density at radius 1 is 1.04 bits per heavy atom. The third-order valence-corrected chi connectivity index (χ3v) is 4.00. The van der Waals surface area contributed by atoms with E-state index in [1.54, 1.807) is 42.3 Å². The van der Waals surface area contributed by atoms with Crippen molar-refractivity contribution in [2.45, 2.75) is 0 Å². The number of hydrogen-bond donors (Lipinski definition) is 1. The number of anilines is 1. The molecule has 26 heavy (non-hydrogen) atoms. The van der Waals surface area contributed by atoms with E-state index >= 15 is 0 Å². The number of ether oxygens (including phenoxy) is 1. The highest BCUT2D eigenvalue weighted by molar-refractivity contribution is 6.06. The normalized spacial score (nSPS) is 10.7. The van der Waals surface area contributed by atoms with Crippen molar-refractivity contribution in [3.05, 3.63) is 78.6 Å². The number of nitrogens with one attached hydrogen (secondary N) is 1. The Labute approximate surface area is 150 Å². The maximum absolute atomic E-state index is 12.5. The van der Waals surface area contributed by atoms with Gasteiger partial charge in [0.2, 0.25) is 0 Å². The van der Waals surface area contributed by atoms with E-state index in [-0.39, 0.29) is 5.91 Å². The van der Waals surface area contributed by atoms with E-state index in [0.29, 0.717) is 22.6 Å². The Morgan fingerprint density at radius 2 is 1.88 bits per heavy atom. The number of pyridine rings is 1. The van der Waals surface area contributed by atoms with Crippen LogP contribution in [0.15, 0.2) is 73.1 Å². The van der Waals surface area contributed by atoms with Crippen LogP contribution in [0.2, 0.25) is 0 Å². The van der Waals surface area contributed by atoms with Gasteiger partial charge in [0, 0.05) is 30.3 Å². The molecule has 1 amide bonds. The lowest BCUT2D eigenvalue weighted by Crippen LogP contribution is -2.14. The molecule has 0 aliphatic rings. The average Bonchev–Trinajstić information content (AvgIpc) is 3.07. The van der Waals surface area contributed by atoms with Gasteiger partial charge in [-0.2, -0.15) is 5.10 Å². The first-order chi connectivity index (χ1) is 12.7. The fourth-order valence-electron chi connectivity index (χ4n) is 2.65. The van der Waals surface area contributed by atoms with Gasteiger partial charge in [-0.1, -0.05) is 18.2 Å². The molecule has 2 aromatic carbocycles. The zero-order valence-electron chi connectivity index (χ0n) is 14.1. The summed E-state index contributed by atoms with van der Waals surface area (Å²) in [6.45, 7) is 0. The van der Waals surface area contributed by atoms with Crippen molar-refractivity contribution in [3.8, 4) is 11.5 Å². The highest BCUT2D eigenvalue weighted by Crippen LogP contribution is 2.29. The molecule has 0 spiro atoms. The van der Waals surface area contributed by atoms with Gasteiger partial charge < -0.3 is 10.1 Å². The summed E-state index contributed by atoms with van der Waals surface area (Å²) >= 11 is 0. The van der Waals surface area contributed by atoms with Crippen molar-refractivity contribution < 1.29 is 9.53 Å². The number of rotatable bonds is 4. The van der Waals surface area contributed by atoms with Crippen LogP contribution < -0.4 is 10.1 Å². The molecule has 0 saturated carbocycles. The van der Waals surface area contributed by atoms with Gasteiger partial charge >= 0.3 is 0 Å². The first-order valence-electron chi connectivity index (χ1n) is 8.12. The molecule has 0 fully saturated rings. The molecule has 2 heterocycles. The van der Waals surface area contributed by atoms with E-state index in [9.17, 15) is 4.79 Å². The van der Waals surface area contributed by atoms with Crippen molar-refractivity contribution in [2.75, 3.05) is 5.32 Å². The molecular weight excluding hydrogens is 328 g/mol. The van der Waals surface area contributed by atoms with Gasteiger partial charge in [-0.05, 0) is 36.4 Å². The number of hydrogen-bond acceptors (Lipinski definition) is 4. The van der Waals surface area contributed by atoms with E-state index in [2.05, 4.69) is 15.4 Å². The number of fused-ring (bicyclic) bond motifs is 1. The van der Waals surface area contributed by atoms with Crippen LogP contribution in [0.5, 0.6) is 11.5 Å².